The van der Waals surface area contributed by atoms with Gasteiger partial charge in [-0.1, -0.05) is 26.0 Å². The molecule has 2 amide bonds. The van der Waals surface area contributed by atoms with Gasteiger partial charge in [0.25, 0.3) is 11.8 Å². The summed E-state index contributed by atoms with van der Waals surface area (Å²) in [6.07, 6.45) is 3.48. The van der Waals surface area contributed by atoms with Gasteiger partial charge in [0.15, 0.2) is 18.2 Å². The molecule has 1 saturated carbocycles. The predicted molar refractivity (Wildman–Crippen MR) is 119 cm³/mol. The van der Waals surface area contributed by atoms with E-state index in [9.17, 15) is 9.59 Å². The van der Waals surface area contributed by atoms with E-state index in [0.29, 0.717) is 42.5 Å². The maximum atomic E-state index is 12.6. The second-order valence-corrected chi connectivity index (χ2v) is 10.8. The first-order chi connectivity index (χ1) is 16.3. The Morgan fingerprint density at radius 1 is 1.03 bits per heavy atom. The molecule has 0 unspecified atom stereocenters. The predicted octanol–water partition coefficient (Wildman–Crippen LogP) is 3.90. The van der Waals surface area contributed by atoms with Crippen molar-refractivity contribution in [2.45, 2.75) is 76.8 Å². The van der Waals surface area contributed by atoms with E-state index >= 15 is 0 Å². The van der Waals surface area contributed by atoms with Gasteiger partial charge in [0, 0.05) is 24.8 Å². The molecule has 0 aromatic heterocycles. The van der Waals surface area contributed by atoms with Crippen molar-refractivity contribution in [3.63, 3.8) is 0 Å². The molecule has 1 aromatic rings. The van der Waals surface area contributed by atoms with Crippen molar-refractivity contribution in [3.8, 4) is 0 Å². The summed E-state index contributed by atoms with van der Waals surface area (Å²) in [6.45, 7) is 7.05. The minimum atomic E-state index is -0.811. The van der Waals surface area contributed by atoms with E-state index in [1.54, 1.807) is 24.3 Å². The lowest BCUT2D eigenvalue weighted by atomic mass is 9.58. The van der Waals surface area contributed by atoms with Gasteiger partial charge in [0.1, 0.15) is 0 Å². The Balaban J connectivity index is 1.12. The number of fused-ring (bicyclic) bond motifs is 3. The van der Waals surface area contributed by atoms with Gasteiger partial charge in [-0.25, -0.2) is 9.78 Å². The van der Waals surface area contributed by atoms with E-state index in [2.05, 4.69) is 13.8 Å². The molecule has 0 radical (unpaired) electrons. The molecule has 184 valence electrons. The third kappa shape index (κ3) is 3.23. The Bertz CT molecular complexity index is 964. The zero-order valence-electron chi connectivity index (χ0n) is 20.0. The molecular weight excluding hydrogens is 438 g/mol. The van der Waals surface area contributed by atoms with Gasteiger partial charge in [-0.3, -0.25) is 14.5 Å². The Morgan fingerprint density at radius 3 is 2.50 bits per heavy atom. The first-order valence-electron chi connectivity index (χ1n) is 12.6. The Hall–Kier alpha value is -1.84. The fourth-order valence-corrected chi connectivity index (χ4v) is 6.93. The fraction of sp³-hybridized carbons (Fsp3) is 0.692. The summed E-state index contributed by atoms with van der Waals surface area (Å²) in [4.78, 5) is 38.5. The first-order valence-corrected chi connectivity index (χ1v) is 12.6. The van der Waals surface area contributed by atoms with Crippen molar-refractivity contribution in [1.29, 1.82) is 0 Å². The second-order valence-electron chi connectivity index (χ2n) is 10.8. The van der Waals surface area contributed by atoms with Crippen LogP contribution in [0.25, 0.3) is 0 Å². The van der Waals surface area contributed by atoms with E-state index in [-0.39, 0.29) is 23.7 Å². The van der Waals surface area contributed by atoms with Gasteiger partial charge >= 0.3 is 0 Å². The largest absolute Gasteiger partial charge is 0.352 e. The van der Waals surface area contributed by atoms with Crippen molar-refractivity contribution in [3.05, 3.63) is 35.4 Å². The zero-order chi connectivity index (χ0) is 23.7. The highest BCUT2D eigenvalue weighted by molar-refractivity contribution is 6.21. The quantitative estimate of drug-likeness (QED) is 0.366. The minimum Gasteiger partial charge on any atom is -0.352 e. The Kier molecular flexibility index (Phi) is 5.39. The van der Waals surface area contributed by atoms with Gasteiger partial charge in [0.2, 0.25) is 5.79 Å². The molecule has 7 rings (SSSR count). The molecule has 8 atom stereocenters. The first kappa shape index (κ1) is 22.6. The summed E-state index contributed by atoms with van der Waals surface area (Å²) in [5.74, 6) is -0.150. The highest BCUT2D eigenvalue weighted by atomic mass is 17.3. The van der Waals surface area contributed by atoms with Gasteiger partial charge < -0.3 is 14.2 Å². The van der Waals surface area contributed by atoms with E-state index in [0.717, 1.165) is 25.7 Å². The summed E-state index contributed by atoms with van der Waals surface area (Å²) in [7, 11) is 0. The molecule has 1 aromatic carbocycles. The molecule has 2 bridgehead atoms. The molecule has 8 heteroatoms. The number of ether oxygens (including phenoxy) is 3. The molecule has 4 saturated heterocycles. The Morgan fingerprint density at radius 2 is 1.76 bits per heavy atom. The Labute approximate surface area is 199 Å². The fourth-order valence-electron chi connectivity index (χ4n) is 6.93. The van der Waals surface area contributed by atoms with Crippen molar-refractivity contribution in [2.75, 3.05) is 13.2 Å². The molecule has 34 heavy (non-hydrogen) atoms. The third-order valence-electron chi connectivity index (χ3n) is 8.78. The maximum Gasteiger partial charge on any atom is 0.261 e. The van der Waals surface area contributed by atoms with Gasteiger partial charge in [0.05, 0.1) is 17.7 Å². The van der Waals surface area contributed by atoms with Crippen LogP contribution in [0.2, 0.25) is 0 Å². The van der Waals surface area contributed by atoms with E-state index < -0.39 is 24.0 Å². The summed E-state index contributed by atoms with van der Waals surface area (Å²) in [5.41, 5.74) is 0.341. The highest BCUT2D eigenvalue weighted by Crippen LogP contribution is 2.60. The number of hydrogen-bond donors (Lipinski definition) is 0. The molecular formula is C26H33NO7. The van der Waals surface area contributed by atoms with Gasteiger partial charge in [-0.2, -0.15) is 0 Å². The van der Waals surface area contributed by atoms with E-state index in [1.807, 2.05) is 6.92 Å². The van der Waals surface area contributed by atoms with Crippen molar-refractivity contribution < 1.29 is 33.6 Å². The number of rotatable bonds is 5. The van der Waals surface area contributed by atoms with Gasteiger partial charge in [-0.05, 0) is 56.6 Å². The number of nitrogens with zero attached hydrogens (tertiary/aromatic N) is 1. The third-order valence-corrected chi connectivity index (χ3v) is 8.78. The van der Waals surface area contributed by atoms with Gasteiger partial charge in [-0.15, -0.1) is 0 Å². The topological polar surface area (TPSA) is 83.5 Å². The smallest absolute Gasteiger partial charge is 0.261 e. The second kappa shape index (κ2) is 8.10. The average Bonchev–Trinajstić information content (AvgIpc) is 2.94. The maximum absolute atomic E-state index is 12.6. The van der Waals surface area contributed by atoms with E-state index in [4.69, 9.17) is 24.0 Å². The lowest BCUT2D eigenvalue weighted by Gasteiger charge is -2.60. The van der Waals surface area contributed by atoms with Crippen LogP contribution in [0, 0.1) is 23.7 Å². The average molecular weight is 472 g/mol. The van der Waals surface area contributed by atoms with Crippen molar-refractivity contribution in [2.24, 2.45) is 23.7 Å². The standard InChI is InChI=1S/C26H33NO7/c1-15-9-10-20-16(2)23(31-24-26(20)19(15)11-12-25(3,32-24)33-34-26)30-14-6-13-27-21(28)17-7-4-5-8-18(17)22(27)29/h4-5,7-8,15-16,19-20,23-24H,6,9-14H2,1-3H3/t15-,16-,19+,20+,23+,24-,25-,26-/m1/s1. The van der Waals surface area contributed by atoms with Crippen LogP contribution < -0.4 is 0 Å². The monoisotopic (exact) mass is 471 g/mol. The molecule has 1 spiro atoms. The molecule has 5 fully saturated rings. The van der Waals surface area contributed by atoms with E-state index in [1.165, 1.54) is 4.90 Å². The van der Waals surface area contributed by atoms with Crippen LogP contribution in [0.15, 0.2) is 24.3 Å². The lowest BCUT2D eigenvalue weighted by molar-refractivity contribution is -0.577. The summed E-state index contributed by atoms with van der Waals surface area (Å²) >= 11 is 0. The normalized spacial score (nSPS) is 43.0. The van der Waals surface area contributed by atoms with Crippen LogP contribution in [-0.2, 0) is 24.0 Å². The molecule has 6 aliphatic rings. The summed E-state index contributed by atoms with van der Waals surface area (Å²) in [5, 5.41) is 0. The number of carbonyl (C=O) groups is 2. The van der Waals surface area contributed by atoms with Crippen LogP contribution in [0.4, 0.5) is 0 Å². The highest BCUT2D eigenvalue weighted by Gasteiger charge is 2.69. The van der Waals surface area contributed by atoms with Crippen LogP contribution in [0.1, 0.15) is 73.6 Å². The van der Waals surface area contributed by atoms with Crippen molar-refractivity contribution >= 4 is 11.8 Å². The van der Waals surface area contributed by atoms with Crippen LogP contribution in [0.3, 0.4) is 0 Å². The van der Waals surface area contributed by atoms with Crippen molar-refractivity contribution in [1.82, 2.24) is 4.90 Å². The number of benzene rings is 1. The molecule has 8 nitrogen and oxygen atoms in total. The van der Waals surface area contributed by atoms with Crippen LogP contribution in [0.5, 0.6) is 0 Å². The number of carbonyl (C=O) groups excluding carboxylic acids is 2. The number of imide groups is 1. The summed E-state index contributed by atoms with van der Waals surface area (Å²) in [6, 6.07) is 6.95. The lowest BCUT2D eigenvalue weighted by Crippen LogP contribution is -2.70. The number of amides is 2. The summed E-state index contributed by atoms with van der Waals surface area (Å²) < 4.78 is 19.0. The number of hydrogen-bond acceptors (Lipinski definition) is 7. The molecule has 1 aliphatic carbocycles. The molecule has 5 aliphatic heterocycles. The molecule has 0 N–H and O–H groups in total. The molecule has 5 heterocycles. The zero-order valence-corrected chi connectivity index (χ0v) is 20.0. The SMILES string of the molecule is C[C@H]1[C@@H](OCCCN2C(=O)c3ccccc3C2=O)O[C@@H]2O[C@@]3(C)CC[C@H]4[C@H](C)CC[C@@H]1[C@@]24OO3. The minimum absolute atomic E-state index is 0.0974. The van der Waals surface area contributed by atoms with Crippen LogP contribution >= 0.6 is 0 Å². The van der Waals surface area contributed by atoms with Crippen LogP contribution in [-0.4, -0.2) is 53.8 Å².